The average Bonchev–Trinajstić information content (AvgIpc) is 3.27. The van der Waals surface area contributed by atoms with Gasteiger partial charge < -0.3 is 57.6 Å². The molecule has 2 fully saturated rings. The molecule has 18 nitrogen and oxygen atoms in total. The van der Waals surface area contributed by atoms with Gasteiger partial charge in [0.05, 0.1) is 24.9 Å². The molecule has 0 amide bonds. The van der Waals surface area contributed by atoms with E-state index in [9.17, 15) is 39.0 Å². The molecule has 0 spiro atoms. The van der Waals surface area contributed by atoms with Gasteiger partial charge in [0.2, 0.25) is 12.6 Å². The maximum absolute atomic E-state index is 13.2. The van der Waals surface area contributed by atoms with Crippen molar-refractivity contribution in [1.82, 2.24) is 0 Å². The van der Waals surface area contributed by atoms with E-state index in [-0.39, 0.29) is 5.56 Å². The van der Waals surface area contributed by atoms with E-state index >= 15 is 0 Å². The number of hydrogen-bond donors (Lipinski definition) is 2. The third-order valence-electron chi connectivity index (χ3n) is 8.29. The number of aliphatic hydroxyl groups is 2. The summed E-state index contributed by atoms with van der Waals surface area (Å²) < 4.78 is 55.2. The second-order valence-corrected chi connectivity index (χ2v) is 12.0. The molecule has 0 unspecified atom stereocenters. The topological polar surface area (TPSA) is 235 Å². The Morgan fingerprint density at radius 1 is 0.745 bits per heavy atom. The number of carbonyl (C=O) groups excluding carboxylic acids is 6. The van der Waals surface area contributed by atoms with Crippen LogP contribution in [0.4, 0.5) is 0 Å². The van der Waals surface area contributed by atoms with Gasteiger partial charge >= 0.3 is 35.8 Å². The van der Waals surface area contributed by atoms with E-state index in [2.05, 4.69) is 0 Å². The zero-order valence-corrected chi connectivity index (χ0v) is 28.6. The van der Waals surface area contributed by atoms with Crippen LogP contribution in [0.3, 0.4) is 0 Å². The molecule has 1 aromatic rings. The van der Waals surface area contributed by atoms with Gasteiger partial charge in [-0.15, -0.1) is 0 Å². The lowest BCUT2D eigenvalue weighted by Crippen LogP contribution is -2.64. The molecule has 2 N–H and O–H groups in total. The van der Waals surface area contributed by atoms with E-state index < -0.39 is 116 Å². The molecule has 2 aliphatic heterocycles. The van der Waals surface area contributed by atoms with Crippen LogP contribution in [-0.4, -0.2) is 121 Å². The fourth-order valence-electron chi connectivity index (χ4n) is 6.18. The summed E-state index contributed by atoms with van der Waals surface area (Å²) in [7, 11) is 1.45. The number of hydrogen-bond acceptors (Lipinski definition) is 18. The van der Waals surface area contributed by atoms with Crippen LogP contribution in [0, 0.1) is 11.8 Å². The molecule has 1 aromatic carbocycles. The molecule has 1 saturated heterocycles. The standard InChI is InChI=1S/C33H40O18/c1-15(34)44-13-23-26(46-17(3)36)27(47-18(4)37)28(48-19(5)38)32(49-23)51-31-24-22(11-12-43-31)25(29(39)33(24,41)14-45-16(2)35)50-30(40)20-7-9-21(42-6)10-8-20/h7-12,22-29,31-32,39,41H,13-14H2,1-6H3/t22-,23-,24-,25+,26-,27+,28-,29-,31-,32+,33-/m1/s1. The summed E-state index contributed by atoms with van der Waals surface area (Å²) in [6.45, 7) is 3.97. The van der Waals surface area contributed by atoms with Crippen LogP contribution in [0.1, 0.15) is 45.0 Å². The van der Waals surface area contributed by atoms with Crippen LogP contribution < -0.4 is 4.74 Å². The Balaban J connectivity index is 1.72. The fraction of sp³-hybridized carbons (Fsp3) is 0.576. The summed E-state index contributed by atoms with van der Waals surface area (Å²) in [5.41, 5.74) is -2.30. The van der Waals surface area contributed by atoms with Crippen molar-refractivity contribution in [3.63, 3.8) is 0 Å². The van der Waals surface area contributed by atoms with Gasteiger partial charge in [-0.05, 0) is 30.3 Å². The number of rotatable bonds is 12. The highest BCUT2D eigenvalue weighted by Crippen LogP contribution is 2.49. The Morgan fingerprint density at radius 3 is 1.90 bits per heavy atom. The summed E-state index contributed by atoms with van der Waals surface area (Å²) in [5.74, 6) is -6.99. The number of methoxy groups -OCH3 is 1. The maximum Gasteiger partial charge on any atom is 0.338 e. The molecule has 18 heteroatoms. The first-order valence-corrected chi connectivity index (χ1v) is 15.7. The van der Waals surface area contributed by atoms with Gasteiger partial charge in [-0.2, -0.15) is 0 Å². The normalized spacial score (nSPS) is 32.3. The lowest BCUT2D eigenvalue weighted by molar-refractivity contribution is -0.350. The molecule has 3 aliphatic rings. The highest BCUT2D eigenvalue weighted by atomic mass is 16.8. The van der Waals surface area contributed by atoms with E-state index in [4.69, 9.17) is 47.4 Å². The number of carbonyl (C=O) groups is 6. The number of benzene rings is 1. The van der Waals surface area contributed by atoms with Crippen LogP contribution in [0.25, 0.3) is 0 Å². The summed E-state index contributed by atoms with van der Waals surface area (Å²) in [4.78, 5) is 73.4. The van der Waals surface area contributed by atoms with E-state index in [1.165, 1.54) is 37.5 Å². The molecule has 0 aromatic heterocycles. The molecule has 0 radical (unpaired) electrons. The van der Waals surface area contributed by atoms with Crippen LogP contribution in [0.2, 0.25) is 0 Å². The zero-order chi connectivity index (χ0) is 37.6. The first-order chi connectivity index (χ1) is 24.0. The van der Waals surface area contributed by atoms with Gasteiger partial charge in [0.15, 0.2) is 18.3 Å². The fourth-order valence-corrected chi connectivity index (χ4v) is 6.18. The van der Waals surface area contributed by atoms with Crippen molar-refractivity contribution in [2.24, 2.45) is 11.8 Å². The van der Waals surface area contributed by atoms with Crippen molar-refractivity contribution >= 4 is 35.8 Å². The second kappa shape index (κ2) is 16.5. The Labute approximate surface area is 291 Å². The van der Waals surface area contributed by atoms with Gasteiger partial charge in [0, 0.05) is 40.5 Å². The molecule has 0 bridgehead atoms. The molecule has 4 rings (SSSR count). The third-order valence-corrected chi connectivity index (χ3v) is 8.29. The molecule has 1 saturated carbocycles. The van der Waals surface area contributed by atoms with Crippen molar-refractivity contribution in [2.45, 2.75) is 89.4 Å². The molecule has 1 aliphatic carbocycles. The quantitative estimate of drug-likeness (QED) is 0.215. The maximum atomic E-state index is 13.2. The monoisotopic (exact) mass is 724 g/mol. The second-order valence-electron chi connectivity index (χ2n) is 12.0. The zero-order valence-electron chi connectivity index (χ0n) is 28.6. The van der Waals surface area contributed by atoms with Crippen molar-refractivity contribution in [1.29, 1.82) is 0 Å². The van der Waals surface area contributed by atoms with Crippen LogP contribution in [0.5, 0.6) is 5.75 Å². The predicted octanol–water partition coefficient (Wildman–Crippen LogP) is 0.0914. The van der Waals surface area contributed by atoms with E-state index in [1.807, 2.05) is 0 Å². The van der Waals surface area contributed by atoms with Gasteiger partial charge in [-0.3, -0.25) is 24.0 Å². The molecule has 280 valence electrons. The van der Waals surface area contributed by atoms with Crippen LogP contribution in [-0.2, 0) is 66.6 Å². The largest absolute Gasteiger partial charge is 0.497 e. The lowest BCUT2D eigenvalue weighted by atomic mass is 9.83. The lowest BCUT2D eigenvalue weighted by Gasteiger charge is -2.46. The van der Waals surface area contributed by atoms with Crippen LogP contribution >= 0.6 is 0 Å². The third kappa shape index (κ3) is 9.12. The minimum atomic E-state index is -2.39. The minimum Gasteiger partial charge on any atom is -0.497 e. The van der Waals surface area contributed by atoms with E-state index in [1.54, 1.807) is 0 Å². The van der Waals surface area contributed by atoms with Gasteiger partial charge in [-0.25, -0.2) is 4.79 Å². The van der Waals surface area contributed by atoms with Gasteiger partial charge in [-0.1, -0.05) is 0 Å². The van der Waals surface area contributed by atoms with Gasteiger partial charge in [0.1, 0.15) is 42.9 Å². The Hall–Kier alpha value is -4.78. The van der Waals surface area contributed by atoms with E-state index in [0.29, 0.717) is 5.75 Å². The molecular formula is C33H40O18. The van der Waals surface area contributed by atoms with Gasteiger partial charge in [0.25, 0.3) is 0 Å². The highest BCUT2D eigenvalue weighted by molar-refractivity contribution is 5.89. The highest BCUT2D eigenvalue weighted by Gasteiger charge is 2.66. The SMILES string of the molecule is COc1ccc(C(=O)O[C@H]2[C@@H]3C=CO[C@H](O[C@@H]4O[C@H](COC(C)=O)[C@@H](OC(C)=O)[C@H](OC(C)=O)[C@H]4OC(C)=O)[C@@H]3[C@](O)(COC(C)=O)[C@@H]2O)cc1. The molecular weight excluding hydrogens is 684 g/mol. The average molecular weight is 725 g/mol. The molecule has 2 heterocycles. The summed E-state index contributed by atoms with van der Waals surface area (Å²) in [6.07, 6.45) is -10.3. The number of aliphatic hydroxyl groups excluding tert-OH is 1. The number of fused-ring (bicyclic) bond motifs is 1. The summed E-state index contributed by atoms with van der Waals surface area (Å²) >= 11 is 0. The van der Waals surface area contributed by atoms with Crippen molar-refractivity contribution < 1.29 is 86.3 Å². The van der Waals surface area contributed by atoms with Crippen LogP contribution in [0.15, 0.2) is 36.6 Å². The van der Waals surface area contributed by atoms with Crippen molar-refractivity contribution in [2.75, 3.05) is 20.3 Å². The number of ether oxygens (including phenoxy) is 10. The van der Waals surface area contributed by atoms with E-state index in [0.717, 1.165) is 40.9 Å². The Morgan fingerprint density at radius 2 is 1.33 bits per heavy atom. The minimum absolute atomic E-state index is 0.0938. The van der Waals surface area contributed by atoms with Crippen molar-refractivity contribution in [3.05, 3.63) is 42.2 Å². The number of esters is 6. The molecule has 11 atom stereocenters. The summed E-state index contributed by atoms with van der Waals surface area (Å²) in [6, 6.07) is 5.91. The first kappa shape index (κ1) is 39.0. The summed E-state index contributed by atoms with van der Waals surface area (Å²) in [5, 5.41) is 23.5. The Bertz CT molecular complexity index is 1490. The Kier molecular flexibility index (Phi) is 12.6. The first-order valence-electron chi connectivity index (χ1n) is 15.7. The smallest absolute Gasteiger partial charge is 0.338 e. The molecule has 51 heavy (non-hydrogen) atoms. The van der Waals surface area contributed by atoms with Crippen molar-refractivity contribution in [3.8, 4) is 5.75 Å². The predicted molar refractivity (Wildman–Crippen MR) is 164 cm³/mol.